The summed E-state index contributed by atoms with van der Waals surface area (Å²) in [6.07, 6.45) is 3.65. The molecule has 0 bridgehead atoms. The molecule has 1 aliphatic heterocycles. The molecule has 3 aromatic rings. The van der Waals surface area contributed by atoms with Crippen molar-refractivity contribution in [3.63, 3.8) is 0 Å². The summed E-state index contributed by atoms with van der Waals surface area (Å²) in [6.45, 7) is 6.92. The molecule has 1 N–H and O–H groups in total. The van der Waals surface area contributed by atoms with Crippen LogP contribution >= 0.6 is 0 Å². The molecule has 1 aromatic heterocycles. The van der Waals surface area contributed by atoms with E-state index in [0.29, 0.717) is 5.92 Å². The Morgan fingerprint density at radius 1 is 1.16 bits per heavy atom. The Bertz CT molecular complexity index is 1040. The third-order valence-corrected chi connectivity index (χ3v) is 6.25. The molecule has 1 saturated heterocycles. The summed E-state index contributed by atoms with van der Waals surface area (Å²) < 4.78 is 0. The largest absolute Gasteiger partial charge is 0.326 e. The molecule has 0 saturated carbocycles. The van der Waals surface area contributed by atoms with E-state index in [0.717, 1.165) is 48.3 Å². The molecule has 32 heavy (non-hydrogen) atoms. The Hall–Kier alpha value is -2.76. The third-order valence-electron chi connectivity index (χ3n) is 6.25. The number of nitrogens with zero attached hydrogens (tertiary/aromatic N) is 3. The molecule has 0 aliphatic carbocycles. The molecular weight excluding hydrogens is 396 g/mol. The zero-order chi connectivity index (χ0) is 22.3. The second-order valence-electron chi connectivity index (χ2n) is 9.13. The maximum absolute atomic E-state index is 11.3. The third kappa shape index (κ3) is 6.38. The minimum absolute atomic E-state index is 0.0589. The molecule has 5 nitrogen and oxygen atoms in total. The minimum atomic E-state index is -0.0589. The monoisotopic (exact) mass is 430 g/mol. The first-order valence-electron chi connectivity index (χ1n) is 11.7. The van der Waals surface area contributed by atoms with Gasteiger partial charge in [0.15, 0.2) is 0 Å². The van der Waals surface area contributed by atoms with Crippen molar-refractivity contribution in [2.24, 2.45) is 5.92 Å². The van der Waals surface area contributed by atoms with Gasteiger partial charge in [-0.25, -0.2) is 0 Å². The van der Waals surface area contributed by atoms with Crippen molar-refractivity contribution in [2.75, 3.05) is 38.5 Å². The van der Waals surface area contributed by atoms with Gasteiger partial charge in [-0.3, -0.25) is 14.7 Å². The first kappa shape index (κ1) is 22.4. The number of aromatic nitrogens is 1. The normalized spacial score (nSPS) is 17.0. The topological polar surface area (TPSA) is 48.5 Å². The van der Waals surface area contributed by atoms with E-state index in [9.17, 15) is 4.79 Å². The number of hydrogen-bond donors (Lipinski definition) is 1. The predicted molar refractivity (Wildman–Crippen MR) is 132 cm³/mol. The standard InChI is InChI=1S/C27H34N4O/c1-21(32)28-25-12-13-27-24(17-25)10-11-26(29-27)20-31(16-14-22-7-4-3-5-8-22)19-23-9-6-15-30(2)18-23/h3-5,7-8,10-13,17,23H,6,9,14-16,18-20H2,1-2H3,(H,28,32). The van der Waals surface area contributed by atoms with Crippen LogP contribution < -0.4 is 5.32 Å². The molecule has 5 heteroatoms. The van der Waals surface area contributed by atoms with Gasteiger partial charge in [-0.1, -0.05) is 36.4 Å². The van der Waals surface area contributed by atoms with Crippen LogP contribution in [0, 0.1) is 5.92 Å². The Morgan fingerprint density at radius 3 is 2.78 bits per heavy atom. The predicted octanol–water partition coefficient (Wildman–Crippen LogP) is 4.58. The fourth-order valence-corrected chi connectivity index (χ4v) is 4.72. The highest BCUT2D eigenvalue weighted by molar-refractivity contribution is 5.92. The van der Waals surface area contributed by atoms with Gasteiger partial charge in [0.25, 0.3) is 0 Å². The maximum Gasteiger partial charge on any atom is 0.221 e. The number of fused-ring (bicyclic) bond motifs is 1. The Labute approximate surface area is 191 Å². The SMILES string of the molecule is CC(=O)Nc1ccc2nc(CN(CCc3ccccc3)CC3CCCN(C)C3)ccc2c1. The lowest BCUT2D eigenvalue weighted by atomic mass is 9.97. The highest BCUT2D eigenvalue weighted by Crippen LogP contribution is 2.21. The van der Waals surface area contributed by atoms with Gasteiger partial charge >= 0.3 is 0 Å². The molecule has 168 valence electrons. The Kier molecular flexibility index (Phi) is 7.51. The van der Waals surface area contributed by atoms with E-state index in [4.69, 9.17) is 4.98 Å². The van der Waals surface area contributed by atoms with Gasteiger partial charge in [-0.15, -0.1) is 0 Å². The van der Waals surface area contributed by atoms with Crippen LogP contribution in [0.5, 0.6) is 0 Å². The van der Waals surface area contributed by atoms with Crippen molar-refractivity contribution in [1.82, 2.24) is 14.8 Å². The highest BCUT2D eigenvalue weighted by Gasteiger charge is 2.20. The van der Waals surface area contributed by atoms with E-state index < -0.39 is 0 Å². The number of benzene rings is 2. The lowest BCUT2D eigenvalue weighted by molar-refractivity contribution is -0.114. The molecule has 1 aliphatic rings. The van der Waals surface area contributed by atoms with Crippen LogP contribution in [0.3, 0.4) is 0 Å². The molecule has 0 radical (unpaired) electrons. The number of anilines is 1. The van der Waals surface area contributed by atoms with E-state index >= 15 is 0 Å². The number of piperidine rings is 1. The number of pyridine rings is 1. The van der Waals surface area contributed by atoms with Gasteiger partial charge < -0.3 is 10.2 Å². The Balaban J connectivity index is 1.48. The first-order valence-corrected chi connectivity index (χ1v) is 11.7. The van der Waals surface area contributed by atoms with Crippen LogP contribution in [0.25, 0.3) is 10.9 Å². The van der Waals surface area contributed by atoms with E-state index in [1.807, 2.05) is 18.2 Å². The number of amides is 1. The number of hydrogen-bond acceptors (Lipinski definition) is 4. The van der Waals surface area contributed by atoms with E-state index in [1.165, 1.54) is 38.4 Å². The van der Waals surface area contributed by atoms with Gasteiger partial charge in [0, 0.05) is 44.2 Å². The summed E-state index contributed by atoms with van der Waals surface area (Å²) >= 11 is 0. The van der Waals surface area contributed by atoms with Crippen LogP contribution in [0.2, 0.25) is 0 Å². The van der Waals surface area contributed by atoms with Crippen LogP contribution in [0.4, 0.5) is 5.69 Å². The molecule has 1 atom stereocenters. The molecule has 1 fully saturated rings. The zero-order valence-electron chi connectivity index (χ0n) is 19.3. The van der Waals surface area contributed by atoms with Crippen LogP contribution in [-0.2, 0) is 17.8 Å². The smallest absolute Gasteiger partial charge is 0.221 e. The molecule has 0 spiro atoms. The van der Waals surface area contributed by atoms with Gasteiger partial charge in [0.05, 0.1) is 11.2 Å². The number of carbonyl (C=O) groups excluding carboxylic acids is 1. The summed E-state index contributed by atoms with van der Waals surface area (Å²) in [5.41, 5.74) is 4.26. The number of carbonyl (C=O) groups is 1. The highest BCUT2D eigenvalue weighted by atomic mass is 16.1. The second kappa shape index (κ2) is 10.7. The van der Waals surface area contributed by atoms with E-state index in [1.54, 1.807) is 0 Å². The summed E-state index contributed by atoms with van der Waals surface area (Å²) in [5.74, 6) is 0.654. The Morgan fingerprint density at radius 2 is 2.00 bits per heavy atom. The molecule has 1 unspecified atom stereocenters. The summed E-state index contributed by atoms with van der Waals surface area (Å²) in [5, 5.41) is 3.89. The lowest BCUT2D eigenvalue weighted by Crippen LogP contribution is -2.39. The summed E-state index contributed by atoms with van der Waals surface area (Å²) in [4.78, 5) is 21.3. The second-order valence-corrected chi connectivity index (χ2v) is 9.13. The number of nitrogens with one attached hydrogen (secondary N) is 1. The number of likely N-dealkylation sites (tertiary alicyclic amines) is 1. The van der Waals surface area contributed by atoms with Crippen LogP contribution in [-0.4, -0.2) is 53.9 Å². The van der Waals surface area contributed by atoms with E-state index in [-0.39, 0.29) is 5.91 Å². The average molecular weight is 431 g/mol. The van der Waals surface area contributed by atoms with Crippen molar-refractivity contribution in [3.05, 3.63) is 71.9 Å². The number of rotatable bonds is 8. The van der Waals surface area contributed by atoms with Crippen molar-refractivity contribution < 1.29 is 4.79 Å². The molecule has 2 heterocycles. The lowest BCUT2D eigenvalue weighted by Gasteiger charge is -2.33. The quantitative estimate of drug-likeness (QED) is 0.568. The summed E-state index contributed by atoms with van der Waals surface area (Å²) in [7, 11) is 2.24. The molecule has 2 aromatic carbocycles. The van der Waals surface area contributed by atoms with Gasteiger partial charge in [0.2, 0.25) is 5.91 Å². The molecule has 1 amide bonds. The first-order chi connectivity index (χ1) is 15.5. The fourth-order valence-electron chi connectivity index (χ4n) is 4.72. The van der Waals surface area contributed by atoms with Crippen molar-refractivity contribution in [2.45, 2.75) is 32.7 Å². The molecule has 4 rings (SSSR count). The van der Waals surface area contributed by atoms with Gasteiger partial charge in [-0.2, -0.15) is 0 Å². The minimum Gasteiger partial charge on any atom is -0.326 e. The van der Waals surface area contributed by atoms with Crippen LogP contribution in [0.15, 0.2) is 60.7 Å². The van der Waals surface area contributed by atoms with Crippen molar-refractivity contribution in [1.29, 1.82) is 0 Å². The van der Waals surface area contributed by atoms with Crippen molar-refractivity contribution >= 4 is 22.5 Å². The fraction of sp³-hybridized carbons (Fsp3) is 0.407. The van der Waals surface area contributed by atoms with Crippen LogP contribution in [0.1, 0.15) is 31.0 Å². The van der Waals surface area contributed by atoms with Gasteiger partial charge in [-0.05, 0) is 68.6 Å². The average Bonchev–Trinajstić information content (AvgIpc) is 2.78. The van der Waals surface area contributed by atoms with Gasteiger partial charge in [0.1, 0.15) is 0 Å². The molecular formula is C27H34N4O. The maximum atomic E-state index is 11.3. The summed E-state index contributed by atoms with van der Waals surface area (Å²) in [6, 6.07) is 20.9. The van der Waals surface area contributed by atoms with E-state index in [2.05, 4.69) is 64.6 Å². The van der Waals surface area contributed by atoms with Crippen molar-refractivity contribution in [3.8, 4) is 0 Å². The zero-order valence-corrected chi connectivity index (χ0v) is 19.3.